The monoisotopic (exact) mass is 449 g/mol. The lowest BCUT2D eigenvalue weighted by molar-refractivity contribution is -0.182. The van der Waals surface area contributed by atoms with Crippen molar-refractivity contribution in [3.05, 3.63) is 30.1 Å². The van der Waals surface area contributed by atoms with E-state index in [0.717, 1.165) is 16.7 Å². The molecule has 1 amide bonds. The minimum absolute atomic E-state index is 0.0378. The Kier molecular flexibility index (Phi) is 6.11. The number of anilines is 1. The number of nitrogens with one attached hydrogen (secondary N) is 1. The highest BCUT2D eigenvalue weighted by Gasteiger charge is 2.43. The van der Waals surface area contributed by atoms with E-state index in [2.05, 4.69) is 19.7 Å². The molecule has 1 aromatic heterocycles. The molecule has 0 radical (unpaired) electrons. The van der Waals surface area contributed by atoms with Crippen LogP contribution in [0.1, 0.15) is 32.6 Å². The summed E-state index contributed by atoms with van der Waals surface area (Å²) in [6.45, 7) is 1.39. The number of allylic oxidation sites excluding steroid dienone is 1. The van der Waals surface area contributed by atoms with Crippen LogP contribution in [0.3, 0.4) is 0 Å². The number of likely N-dealkylation sites (N-methyl/N-ethyl adjacent to an activating group) is 1. The highest BCUT2D eigenvalue weighted by atomic mass is 32.2. The van der Waals surface area contributed by atoms with Crippen molar-refractivity contribution in [2.24, 2.45) is 16.2 Å². The lowest BCUT2D eigenvalue weighted by Crippen LogP contribution is -2.40. The van der Waals surface area contributed by atoms with Crippen molar-refractivity contribution >= 4 is 27.6 Å². The van der Waals surface area contributed by atoms with E-state index in [1.807, 2.05) is 0 Å². The van der Waals surface area contributed by atoms with Gasteiger partial charge in [-0.1, -0.05) is 0 Å². The lowest BCUT2D eigenvalue weighted by atomic mass is 9.79. The molecule has 0 aromatic carbocycles. The van der Waals surface area contributed by atoms with Crippen LogP contribution in [0, 0.1) is 17.8 Å². The van der Waals surface area contributed by atoms with Gasteiger partial charge >= 0.3 is 16.4 Å². The van der Waals surface area contributed by atoms with E-state index in [1.54, 1.807) is 0 Å². The van der Waals surface area contributed by atoms with E-state index in [-0.39, 0.29) is 49.5 Å². The summed E-state index contributed by atoms with van der Waals surface area (Å²) >= 11 is 0. The summed E-state index contributed by atoms with van der Waals surface area (Å²) in [5, 5.41) is 2.27. The van der Waals surface area contributed by atoms with Gasteiger partial charge < -0.3 is 5.32 Å². The van der Waals surface area contributed by atoms with Gasteiger partial charge in [-0.25, -0.2) is 4.31 Å². The molecule has 0 bridgehead atoms. The lowest BCUT2D eigenvalue weighted by Gasteiger charge is -2.32. The van der Waals surface area contributed by atoms with Crippen LogP contribution >= 0.6 is 0 Å². The third kappa shape index (κ3) is 4.77. The van der Waals surface area contributed by atoms with Crippen molar-refractivity contribution in [2.45, 2.75) is 38.8 Å². The quantitative estimate of drug-likeness (QED) is 0.712. The summed E-state index contributed by atoms with van der Waals surface area (Å²) in [5.74, 6) is -3.98. The maximum Gasteiger partial charge on any atom is 0.391 e. The second kappa shape index (κ2) is 8.28. The average Bonchev–Trinajstić information content (AvgIpc) is 2.66. The van der Waals surface area contributed by atoms with Gasteiger partial charge in [0.05, 0.1) is 24.0 Å². The van der Waals surface area contributed by atoms with E-state index in [9.17, 15) is 30.8 Å². The molecule has 1 N–H and O–H groups in total. The van der Waals surface area contributed by atoms with Crippen molar-refractivity contribution in [3.8, 4) is 0 Å². The molecule has 0 saturated heterocycles. The fourth-order valence-corrected chi connectivity index (χ4v) is 4.83. The Bertz CT molecular complexity index is 985. The van der Waals surface area contributed by atoms with Gasteiger partial charge in [0.25, 0.3) is 5.91 Å². The normalized spacial score (nSPS) is 24.1. The molecule has 1 aromatic rings. The summed E-state index contributed by atoms with van der Waals surface area (Å²) in [7, 11) is -4.25. The van der Waals surface area contributed by atoms with E-state index >= 15 is 0 Å². The topological polar surface area (TPSA) is 105 Å². The van der Waals surface area contributed by atoms with Crippen molar-refractivity contribution < 1.29 is 30.8 Å². The first kappa shape index (κ1) is 22.1. The SMILES string of the molecule is CCN1C(C(=O)Nc2cncc(F)n2)=CC(C2CCC(C(F)(F)F)CC2)=NS1(=O)=O. The predicted molar refractivity (Wildman–Crippen MR) is 98.9 cm³/mol. The first-order chi connectivity index (χ1) is 14.0. The molecule has 1 aliphatic carbocycles. The third-order valence-corrected chi connectivity index (χ3v) is 6.48. The molecular formula is C17H19F4N5O3S. The zero-order valence-corrected chi connectivity index (χ0v) is 16.7. The molecule has 8 nitrogen and oxygen atoms in total. The number of carbonyl (C=O) groups excluding carboxylic acids is 1. The fourth-order valence-electron chi connectivity index (χ4n) is 3.55. The van der Waals surface area contributed by atoms with Crippen molar-refractivity contribution in [1.29, 1.82) is 0 Å². The molecule has 0 unspecified atom stereocenters. The first-order valence-electron chi connectivity index (χ1n) is 9.21. The molecule has 13 heteroatoms. The Balaban J connectivity index is 1.85. The smallest absolute Gasteiger partial charge is 0.304 e. The molecule has 1 saturated carbocycles. The van der Waals surface area contributed by atoms with E-state index in [1.165, 1.54) is 13.0 Å². The van der Waals surface area contributed by atoms with Crippen LogP contribution in [0.2, 0.25) is 0 Å². The number of amides is 1. The minimum Gasteiger partial charge on any atom is -0.304 e. The van der Waals surface area contributed by atoms with E-state index < -0.39 is 40.1 Å². The first-order valence-corrected chi connectivity index (χ1v) is 10.6. The van der Waals surface area contributed by atoms with Crippen molar-refractivity contribution in [3.63, 3.8) is 0 Å². The largest absolute Gasteiger partial charge is 0.391 e. The summed E-state index contributed by atoms with van der Waals surface area (Å²) in [6.07, 6.45) is -1.19. The van der Waals surface area contributed by atoms with E-state index in [4.69, 9.17) is 0 Å². The fraction of sp³-hybridized carbons (Fsp3) is 0.529. The molecule has 30 heavy (non-hydrogen) atoms. The summed E-state index contributed by atoms with van der Waals surface area (Å²) < 4.78 is 81.5. The molecule has 164 valence electrons. The molecule has 2 heterocycles. The van der Waals surface area contributed by atoms with Crippen molar-refractivity contribution in [1.82, 2.24) is 14.3 Å². The highest BCUT2D eigenvalue weighted by molar-refractivity contribution is 7.88. The van der Waals surface area contributed by atoms with Crippen molar-refractivity contribution in [2.75, 3.05) is 11.9 Å². The number of carbonyl (C=O) groups is 1. The summed E-state index contributed by atoms with van der Waals surface area (Å²) in [4.78, 5) is 19.7. The Morgan fingerprint density at radius 2 is 1.90 bits per heavy atom. The zero-order chi connectivity index (χ0) is 22.1. The summed E-state index contributed by atoms with van der Waals surface area (Å²) in [5.41, 5.74) is -0.234. The van der Waals surface area contributed by atoms with Gasteiger partial charge in [-0.05, 0) is 38.7 Å². The van der Waals surface area contributed by atoms with Crippen LogP contribution in [0.15, 0.2) is 28.6 Å². The zero-order valence-electron chi connectivity index (χ0n) is 15.9. The second-order valence-electron chi connectivity index (χ2n) is 6.96. The summed E-state index contributed by atoms with van der Waals surface area (Å²) in [6, 6.07) is 0. The number of nitrogens with zero attached hydrogens (tertiary/aromatic N) is 4. The highest BCUT2D eigenvalue weighted by Crippen LogP contribution is 2.40. The molecule has 0 atom stereocenters. The third-order valence-electron chi connectivity index (χ3n) is 5.03. The standard InChI is InChI=1S/C17H19F4N5O3S/c1-2-26-13(16(27)24-15-9-22-8-14(18)23-15)7-12(25-30(26,28)29)10-3-5-11(6-4-10)17(19,20)21/h7-11H,2-6H2,1H3,(H,23,24,27). The maximum absolute atomic E-state index is 13.2. The Labute approximate surface area is 170 Å². The van der Waals surface area contributed by atoms with Crippen LogP contribution < -0.4 is 5.32 Å². The minimum atomic E-state index is -4.29. The molecule has 3 rings (SSSR count). The number of hydrogen-bond acceptors (Lipinski definition) is 5. The van der Waals surface area contributed by atoms with Gasteiger partial charge in [0.2, 0.25) is 5.95 Å². The number of aromatic nitrogens is 2. The average molecular weight is 449 g/mol. The molecule has 2 aliphatic rings. The van der Waals surface area contributed by atoms with Crippen LogP contribution in [-0.2, 0) is 15.0 Å². The number of alkyl halides is 3. The predicted octanol–water partition coefficient (Wildman–Crippen LogP) is 2.83. The molecule has 0 spiro atoms. The van der Waals surface area contributed by atoms with Gasteiger partial charge in [0.1, 0.15) is 5.70 Å². The van der Waals surface area contributed by atoms with Gasteiger partial charge in [0, 0.05) is 12.5 Å². The van der Waals surface area contributed by atoms with Gasteiger partial charge in [-0.15, -0.1) is 4.40 Å². The van der Waals surface area contributed by atoms with Crippen LogP contribution in [0.4, 0.5) is 23.4 Å². The van der Waals surface area contributed by atoms with Gasteiger partial charge in [-0.3, -0.25) is 9.78 Å². The Morgan fingerprint density at radius 1 is 1.23 bits per heavy atom. The van der Waals surface area contributed by atoms with Crippen LogP contribution in [0.25, 0.3) is 0 Å². The number of rotatable bonds is 4. The van der Waals surface area contributed by atoms with E-state index in [0.29, 0.717) is 0 Å². The molecular weight excluding hydrogens is 430 g/mol. The second-order valence-corrected chi connectivity index (χ2v) is 8.48. The molecule has 1 fully saturated rings. The Hall–Kier alpha value is -2.57. The van der Waals surface area contributed by atoms with Gasteiger partial charge in [-0.2, -0.15) is 31.0 Å². The van der Waals surface area contributed by atoms with Gasteiger partial charge in [0.15, 0.2) is 5.82 Å². The number of hydrogen-bond donors (Lipinski definition) is 1. The number of halogens is 4. The Morgan fingerprint density at radius 3 is 2.47 bits per heavy atom. The maximum atomic E-state index is 13.2. The van der Waals surface area contributed by atoms with Crippen LogP contribution in [-0.4, -0.2) is 47.0 Å². The van der Waals surface area contributed by atoms with Crippen LogP contribution in [0.5, 0.6) is 0 Å². The molecule has 1 aliphatic heterocycles.